The minimum atomic E-state index is -0.612. The molecule has 3 heterocycles. The zero-order chi connectivity index (χ0) is 22.1. The molecule has 1 aliphatic rings. The van der Waals surface area contributed by atoms with Crippen molar-refractivity contribution in [1.29, 1.82) is 0 Å². The quantitative estimate of drug-likeness (QED) is 0.504. The summed E-state index contributed by atoms with van der Waals surface area (Å²) in [6.45, 7) is 6.53. The van der Waals surface area contributed by atoms with Crippen molar-refractivity contribution in [2.75, 3.05) is 6.61 Å². The van der Waals surface area contributed by atoms with E-state index in [-0.39, 0.29) is 12.2 Å². The molecule has 0 amide bonds. The molecule has 1 aliphatic heterocycles. The number of halogens is 1. The second kappa shape index (κ2) is 8.76. The molecule has 2 aromatic heterocycles. The predicted molar refractivity (Wildman–Crippen MR) is 122 cm³/mol. The maximum Gasteiger partial charge on any atom is 0.338 e. The van der Waals surface area contributed by atoms with Gasteiger partial charge in [-0.05, 0) is 50.6 Å². The van der Waals surface area contributed by atoms with Crippen LogP contribution < -0.4 is 14.9 Å². The Morgan fingerprint density at radius 3 is 2.65 bits per heavy atom. The topological polar surface area (TPSA) is 78.5 Å². The minimum absolute atomic E-state index is 0.211. The van der Waals surface area contributed by atoms with Crippen molar-refractivity contribution < 1.29 is 9.53 Å². The highest BCUT2D eigenvalue weighted by Gasteiger charge is 2.33. The highest BCUT2D eigenvalue weighted by Crippen LogP contribution is 2.31. The fourth-order valence-electron chi connectivity index (χ4n) is 3.52. The second-order valence-corrected chi connectivity index (χ2v) is 8.87. The smallest absolute Gasteiger partial charge is 0.338 e. The summed E-state index contributed by atoms with van der Waals surface area (Å²) in [5, 5.41) is 4.44. The Kier molecular flexibility index (Phi) is 6.06. The van der Waals surface area contributed by atoms with E-state index in [1.165, 1.54) is 11.3 Å². The molecule has 7 nitrogen and oxygen atoms in total. The number of esters is 1. The van der Waals surface area contributed by atoms with Crippen LogP contribution in [0.4, 0.5) is 0 Å². The van der Waals surface area contributed by atoms with Gasteiger partial charge in [-0.25, -0.2) is 9.79 Å². The Morgan fingerprint density at radius 2 is 2.00 bits per heavy atom. The van der Waals surface area contributed by atoms with Crippen LogP contribution in [0.5, 0.6) is 0 Å². The molecule has 0 fully saturated rings. The van der Waals surface area contributed by atoms with Crippen molar-refractivity contribution in [2.24, 2.45) is 4.99 Å². The van der Waals surface area contributed by atoms with Crippen LogP contribution in [-0.4, -0.2) is 26.9 Å². The minimum Gasteiger partial charge on any atom is -0.463 e. The van der Waals surface area contributed by atoms with Gasteiger partial charge in [0.25, 0.3) is 5.56 Å². The molecule has 0 radical (unpaired) electrons. The molecule has 0 saturated heterocycles. The monoisotopic (exact) mass is 500 g/mol. The lowest BCUT2D eigenvalue weighted by Crippen LogP contribution is -2.39. The van der Waals surface area contributed by atoms with Gasteiger partial charge in [-0.1, -0.05) is 39.4 Å². The van der Waals surface area contributed by atoms with Crippen molar-refractivity contribution in [1.82, 2.24) is 14.3 Å². The van der Waals surface area contributed by atoms with Crippen LogP contribution in [0.1, 0.15) is 38.1 Å². The van der Waals surface area contributed by atoms with Gasteiger partial charge in [0.1, 0.15) is 0 Å². The highest BCUT2D eigenvalue weighted by molar-refractivity contribution is 9.10. The number of nitrogens with zero attached hydrogens (tertiary/aromatic N) is 4. The number of carbonyl (C=O) groups is 1. The first kappa shape index (κ1) is 21.5. The lowest BCUT2D eigenvalue weighted by Gasteiger charge is -2.24. The fourth-order valence-corrected chi connectivity index (χ4v) is 4.81. The summed E-state index contributed by atoms with van der Waals surface area (Å²) in [5.41, 5.74) is 2.22. The molecular weight excluding hydrogens is 480 g/mol. The Balaban J connectivity index is 1.93. The Hall–Kier alpha value is -2.78. The van der Waals surface area contributed by atoms with Gasteiger partial charge >= 0.3 is 5.97 Å². The number of hydrogen-bond donors (Lipinski definition) is 0. The number of rotatable bonds is 5. The van der Waals surface area contributed by atoms with Crippen molar-refractivity contribution in [3.05, 3.63) is 83.2 Å². The summed E-state index contributed by atoms with van der Waals surface area (Å²) in [7, 11) is 0. The number of ether oxygens (including phenoxy) is 1. The molecule has 0 aliphatic carbocycles. The molecule has 3 aromatic rings. The van der Waals surface area contributed by atoms with Crippen LogP contribution in [0.2, 0.25) is 0 Å². The zero-order valence-electron chi connectivity index (χ0n) is 17.3. The third-order valence-electron chi connectivity index (χ3n) is 4.97. The summed E-state index contributed by atoms with van der Waals surface area (Å²) in [5.74, 6) is -0.465. The van der Waals surface area contributed by atoms with Crippen LogP contribution in [0.3, 0.4) is 0 Å². The lowest BCUT2D eigenvalue weighted by atomic mass is 9.96. The molecule has 31 heavy (non-hydrogen) atoms. The van der Waals surface area contributed by atoms with Crippen molar-refractivity contribution in [2.45, 2.75) is 33.4 Å². The average Bonchev–Trinajstić information content (AvgIpc) is 3.32. The van der Waals surface area contributed by atoms with Gasteiger partial charge in [0, 0.05) is 17.2 Å². The van der Waals surface area contributed by atoms with Crippen LogP contribution >= 0.6 is 27.3 Å². The molecule has 160 valence electrons. The van der Waals surface area contributed by atoms with E-state index in [0.29, 0.717) is 26.3 Å². The van der Waals surface area contributed by atoms with E-state index in [2.05, 4.69) is 26.0 Å². The van der Waals surface area contributed by atoms with Gasteiger partial charge in [-0.2, -0.15) is 5.10 Å². The number of hydrogen-bond acceptors (Lipinski definition) is 6. The van der Waals surface area contributed by atoms with Crippen molar-refractivity contribution >= 4 is 39.3 Å². The molecule has 0 bridgehead atoms. The van der Waals surface area contributed by atoms with Gasteiger partial charge in [-0.15, -0.1) is 0 Å². The number of aromatic nitrogens is 3. The summed E-state index contributed by atoms with van der Waals surface area (Å²) < 4.78 is 10.1. The van der Waals surface area contributed by atoms with E-state index in [9.17, 15) is 9.59 Å². The highest BCUT2D eigenvalue weighted by atomic mass is 79.9. The lowest BCUT2D eigenvalue weighted by molar-refractivity contribution is -0.139. The summed E-state index contributed by atoms with van der Waals surface area (Å²) in [4.78, 5) is 31.4. The van der Waals surface area contributed by atoms with Crippen LogP contribution in [0.15, 0.2) is 62.1 Å². The molecule has 0 saturated carbocycles. The van der Waals surface area contributed by atoms with Gasteiger partial charge < -0.3 is 4.74 Å². The number of fused-ring (bicyclic) bond motifs is 1. The summed E-state index contributed by atoms with van der Waals surface area (Å²) >= 11 is 4.73. The maximum atomic E-state index is 13.4. The third kappa shape index (κ3) is 4.07. The Labute approximate surface area is 191 Å². The molecule has 4 rings (SSSR count). The van der Waals surface area contributed by atoms with Gasteiger partial charge in [0.15, 0.2) is 4.80 Å². The largest absolute Gasteiger partial charge is 0.463 e. The zero-order valence-corrected chi connectivity index (χ0v) is 19.7. The maximum absolute atomic E-state index is 13.4. The Bertz CT molecular complexity index is 1350. The third-order valence-corrected chi connectivity index (χ3v) is 6.48. The van der Waals surface area contributed by atoms with Crippen LogP contribution in [0, 0.1) is 0 Å². The molecule has 9 heteroatoms. The summed E-state index contributed by atoms with van der Waals surface area (Å²) in [6.07, 6.45) is 3.63. The first-order valence-corrected chi connectivity index (χ1v) is 11.5. The van der Waals surface area contributed by atoms with E-state index >= 15 is 0 Å². The van der Waals surface area contributed by atoms with Crippen LogP contribution in [0.25, 0.3) is 6.08 Å². The predicted octanol–water partition coefficient (Wildman–Crippen LogP) is 2.78. The molecule has 0 N–H and O–H groups in total. The Morgan fingerprint density at radius 1 is 1.26 bits per heavy atom. The number of carbonyl (C=O) groups excluding carboxylic acids is 1. The number of benzene rings is 1. The molecular formula is C22H21BrN4O3S. The van der Waals surface area contributed by atoms with E-state index in [4.69, 9.17) is 4.74 Å². The van der Waals surface area contributed by atoms with E-state index in [1.54, 1.807) is 29.2 Å². The normalized spacial score (nSPS) is 16.3. The van der Waals surface area contributed by atoms with Crippen molar-refractivity contribution in [3.8, 4) is 0 Å². The standard InChI is InChI=1S/C22H21BrN4O3S/c1-4-26-11-10-16(25-26)12-17-20(28)27-19(14-6-8-15(23)9-7-14)18(21(29)30-5-2)13(3)24-22(27)31-17/h6-12,19H,4-5H2,1-3H3/b17-12+/t19-/m0/s1. The molecule has 0 unspecified atom stereocenters. The molecule has 0 spiro atoms. The van der Waals surface area contributed by atoms with Crippen LogP contribution in [-0.2, 0) is 16.1 Å². The number of thiazole rings is 1. The first-order chi connectivity index (χ1) is 14.9. The fraction of sp³-hybridized carbons (Fsp3) is 0.273. The van der Waals surface area contributed by atoms with E-state index in [0.717, 1.165) is 16.6 Å². The number of aryl methyl sites for hydroxylation is 1. The molecule has 1 atom stereocenters. The summed E-state index contributed by atoms with van der Waals surface area (Å²) in [6, 6.07) is 8.82. The van der Waals surface area contributed by atoms with Gasteiger partial charge in [0.05, 0.1) is 34.1 Å². The number of allylic oxidation sites excluding steroid dienone is 1. The van der Waals surface area contributed by atoms with E-state index < -0.39 is 12.0 Å². The van der Waals surface area contributed by atoms with Gasteiger partial charge in [0.2, 0.25) is 0 Å². The first-order valence-electron chi connectivity index (χ1n) is 9.91. The average molecular weight is 501 g/mol. The van der Waals surface area contributed by atoms with E-state index in [1.807, 2.05) is 43.5 Å². The SMILES string of the molecule is CCOC(=O)C1=C(C)N=c2s/c(=C/c3ccn(CC)n3)c(=O)n2[C@H]1c1ccc(Br)cc1. The molecule has 1 aromatic carbocycles. The second-order valence-electron chi connectivity index (χ2n) is 6.95. The van der Waals surface area contributed by atoms with Crippen molar-refractivity contribution in [3.63, 3.8) is 0 Å². The van der Waals surface area contributed by atoms with Gasteiger partial charge in [-0.3, -0.25) is 14.0 Å².